The summed E-state index contributed by atoms with van der Waals surface area (Å²) in [6, 6.07) is 0.447. The fourth-order valence-corrected chi connectivity index (χ4v) is 1.79. The summed E-state index contributed by atoms with van der Waals surface area (Å²) in [6.45, 7) is 4.65. The predicted octanol–water partition coefficient (Wildman–Crippen LogP) is 1.46. The topological polar surface area (TPSA) is 41.1 Å². The number of carbonyl (C=O) groups is 1. The number of rotatable bonds is 4. The van der Waals surface area contributed by atoms with E-state index < -0.39 is 0 Å². The first-order chi connectivity index (χ1) is 7.06. The first kappa shape index (κ1) is 12.2. The van der Waals surface area contributed by atoms with Gasteiger partial charge in [0.05, 0.1) is 5.41 Å². The van der Waals surface area contributed by atoms with E-state index in [-0.39, 0.29) is 11.3 Å². The van der Waals surface area contributed by atoms with E-state index >= 15 is 0 Å². The van der Waals surface area contributed by atoms with Gasteiger partial charge in [-0.05, 0) is 33.1 Å². The second kappa shape index (κ2) is 5.31. The maximum atomic E-state index is 11.5. The second-order valence-electron chi connectivity index (χ2n) is 4.81. The van der Waals surface area contributed by atoms with Gasteiger partial charge < -0.3 is 10.6 Å². The maximum Gasteiger partial charge on any atom is 0.226 e. The highest BCUT2D eigenvalue weighted by Gasteiger charge is 2.26. The fourth-order valence-electron chi connectivity index (χ4n) is 1.79. The summed E-state index contributed by atoms with van der Waals surface area (Å²) in [5.41, 5.74) is -0.333. The van der Waals surface area contributed by atoms with E-state index in [0.29, 0.717) is 6.04 Å². The van der Waals surface area contributed by atoms with Gasteiger partial charge >= 0.3 is 0 Å². The number of amides is 1. The molecule has 0 bridgehead atoms. The van der Waals surface area contributed by atoms with Crippen LogP contribution in [0.15, 0.2) is 12.2 Å². The molecule has 1 rings (SSSR count). The van der Waals surface area contributed by atoms with Gasteiger partial charge in [-0.1, -0.05) is 12.2 Å². The standard InChI is InChI=1S/C12H22N2O/c1-12(2,11(15)13-3)9-14-10-7-5-4-6-8-10/h5,7,10,14H,4,6,8-9H2,1-3H3,(H,13,15). The highest BCUT2D eigenvalue weighted by atomic mass is 16.2. The molecule has 86 valence electrons. The largest absolute Gasteiger partial charge is 0.359 e. The van der Waals surface area contributed by atoms with Crippen LogP contribution in [0.5, 0.6) is 0 Å². The lowest BCUT2D eigenvalue weighted by molar-refractivity contribution is -0.128. The lowest BCUT2D eigenvalue weighted by Crippen LogP contribution is -2.44. The van der Waals surface area contributed by atoms with Crippen LogP contribution in [0.25, 0.3) is 0 Å². The minimum absolute atomic E-state index is 0.0924. The molecule has 1 aliphatic carbocycles. The van der Waals surface area contributed by atoms with Crippen LogP contribution in [-0.4, -0.2) is 25.5 Å². The van der Waals surface area contributed by atoms with E-state index in [1.165, 1.54) is 19.3 Å². The van der Waals surface area contributed by atoms with Crippen molar-refractivity contribution in [3.8, 4) is 0 Å². The van der Waals surface area contributed by atoms with Gasteiger partial charge in [-0.25, -0.2) is 0 Å². The third kappa shape index (κ3) is 3.67. The Hall–Kier alpha value is -0.830. The summed E-state index contributed by atoms with van der Waals surface area (Å²) in [7, 11) is 1.69. The molecule has 0 heterocycles. The van der Waals surface area contributed by atoms with Crippen LogP contribution in [-0.2, 0) is 4.79 Å². The van der Waals surface area contributed by atoms with Crippen molar-refractivity contribution in [2.24, 2.45) is 5.41 Å². The van der Waals surface area contributed by atoms with Crippen molar-refractivity contribution < 1.29 is 4.79 Å². The summed E-state index contributed by atoms with van der Waals surface area (Å²) < 4.78 is 0. The smallest absolute Gasteiger partial charge is 0.226 e. The molecule has 0 aromatic rings. The van der Waals surface area contributed by atoms with Crippen molar-refractivity contribution >= 4 is 5.91 Å². The van der Waals surface area contributed by atoms with E-state index in [4.69, 9.17) is 0 Å². The number of nitrogens with one attached hydrogen (secondary N) is 2. The number of carbonyl (C=O) groups excluding carboxylic acids is 1. The summed E-state index contributed by atoms with van der Waals surface area (Å²) >= 11 is 0. The van der Waals surface area contributed by atoms with Crippen LogP contribution in [0, 0.1) is 5.41 Å². The van der Waals surface area contributed by atoms with Crippen molar-refractivity contribution in [2.75, 3.05) is 13.6 Å². The molecule has 1 atom stereocenters. The van der Waals surface area contributed by atoms with Crippen LogP contribution in [0.1, 0.15) is 33.1 Å². The van der Waals surface area contributed by atoms with Crippen molar-refractivity contribution in [1.29, 1.82) is 0 Å². The van der Waals surface area contributed by atoms with Gasteiger partial charge in [0.15, 0.2) is 0 Å². The Morgan fingerprint density at radius 1 is 1.53 bits per heavy atom. The molecule has 15 heavy (non-hydrogen) atoms. The highest BCUT2D eigenvalue weighted by molar-refractivity contribution is 5.81. The lowest BCUT2D eigenvalue weighted by Gasteiger charge is -2.26. The maximum absolute atomic E-state index is 11.5. The van der Waals surface area contributed by atoms with Crippen LogP contribution >= 0.6 is 0 Å². The van der Waals surface area contributed by atoms with Crippen molar-refractivity contribution in [1.82, 2.24) is 10.6 Å². The first-order valence-corrected chi connectivity index (χ1v) is 5.68. The number of hydrogen-bond donors (Lipinski definition) is 2. The predicted molar refractivity (Wildman–Crippen MR) is 62.6 cm³/mol. The number of allylic oxidation sites excluding steroid dienone is 1. The van der Waals surface area contributed by atoms with E-state index in [1.807, 2.05) is 13.8 Å². The molecule has 0 spiro atoms. The molecule has 0 saturated heterocycles. The average Bonchev–Trinajstić information content (AvgIpc) is 2.27. The Bertz CT molecular complexity index is 246. The Balaban J connectivity index is 2.38. The Morgan fingerprint density at radius 3 is 2.80 bits per heavy atom. The molecular formula is C12H22N2O. The fraction of sp³-hybridized carbons (Fsp3) is 0.750. The molecule has 3 heteroatoms. The Labute approximate surface area is 92.3 Å². The first-order valence-electron chi connectivity index (χ1n) is 5.68. The molecule has 1 aliphatic rings. The Kier molecular flexibility index (Phi) is 4.33. The molecule has 0 aliphatic heterocycles. The van der Waals surface area contributed by atoms with Crippen LogP contribution in [0.3, 0.4) is 0 Å². The second-order valence-corrected chi connectivity index (χ2v) is 4.81. The van der Waals surface area contributed by atoms with Gasteiger partial charge in [0, 0.05) is 19.6 Å². The van der Waals surface area contributed by atoms with Crippen molar-refractivity contribution in [3.63, 3.8) is 0 Å². The molecular weight excluding hydrogens is 188 g/mol. The monoisotopic (exact) mass is 210 g/mol. The summed E-state index contributed by atoms with van der Waals surface area (Å²) in [5.74, 6) is 0.0924. The molecule has 1 amide bonds. The van der Waals surface area contributed by atoms with Gasteiger partial charge in [0.1, 0.15) is 0 Å². The zero-order valence-electron chi connectivity index (χ0n) is 9.97. The molecule has 0 saturated carbocycles. The Morgan fingerprint density at radius 2 is 2.27 bits per heavy atom. The third-order valence-corrected chi connectivity index (χ3v) is 2.90. The van der Waals surface area contributed by atoms with E-state index in [2.05, 4.69) is 22.8 Å². The van der Waals surface area contributed by atoms with Gasteiger partial charge in [-0.2, -0.15) is 0 Å². The van der Waals surface area contributed by atoms with Crippen LogP contribution in [0.4, 0.5) is 0 Å². The molecule has 0 radical (unpaired) electrons. The summed E-state index contributed by atoms with van der Waals surface area (Å²) in [6.07, 6.45) is 8.05. The SMILES string of the molecule is CNC(=O)C(C)(C)CNC1C=CCCC1. The molecule has 2 N–H and O–H groups in total. The minimum Gasteiger partial charge on any atom is -0.359 e. The van der Waals surface area contributed by atoms with Gasteiger partial charge in [0.2, 0.25) is 5.91 Å². The normalized spacial score (nSPS) is 21.4. The van der Waals surface area contributed by atoms with E-state index in [0.717, 1.165) is 6.54 Å². The van der Waals surface area contributed by atoms with E-state index in [9.17, 15) is 4.79 Å². The van der Waals surface area contributed by atoms with Gasteiger partial charge in [0.25, 0.3) is 0 Å². The molecule has 0 fully saturated rings. The third-order valence-electron chi connectivity index (χ3n) is 2.90. The summed E-state index contributed by atoms with van der Waals surface area (Å²) in [4.78, 5) is 11.5. The molecule has 0 aromatic heterocycles. The van der Waals surface area contributed by atoms with Gasteiger partial charge in [-0.15, -0.1) is 0 Å². The average molecular weight is 210 g/mol. The van der Waals surface area contributed by atoms with Crippen LogP contribution in [0.2, 0.25) is 0 Å². The van der Waals surface area contributed by atoms with Crippen molar-refractivity contribution in [3.05, 3.63) is 12.2 Å². The molecule has 1 unspecified atom stereocenters. The zero-order valence-corrected chi connectivity index (χ0v) is 9.97. The van der Waals surface area contributed by atoms with Gasteiger partial charge in [-0.3, -0.25) is 4.79 Å². The van der Waals surface area contributed by atoms with Crippen molar-refractivity contribution in [2.45, 2.75) is 39.2 Å². The zero-order chi connectivity index (χ0) is 11.3. The minimum atomic E-state index is -0.333. The van der Waals surface area contributed by atoms with E-state index in [1.54, 1.807) is 7.05 Å². The van der Waals surface area contributed by atoms with Crippen LogP contribution < -0.4 is 10.6 Å². The number of hydrogen-bond acceptors (Lipinski definition) is 2. The highest BCUT2D eigenvalue weighted by Crippen LogP contribution is 2.16. The molecule has 0 aromatic carbocycles. The summed E-state index contributed by atoms with van der Waals surface area (Å²) in [5, 5.41) is 6.13. The molecule has 3 nitrogen and oxygen atoms in total. The quantitative estimate of drug-likeness (QED) is 0.690. The lowest BCUT2D eigenvalue weighted by atomic mass is 9.91.